The van der Waals surface area contributed by atoms with E-state index >= 15 is 0 Å². The summed E-state index contributed by atoms with van der Waals surface area (Å²) < 4.78 is 37.7. The van der Waals surface area contributed by atoms with Crippen LogP contribution in [0.1, 0.15) is 32.1 Å². The van der Waals surface area contributed by atoms with Crippen LogP contribution in [0.3, 0.4) is 0 Å². The first kappa shape index (κ1) is 14.0. The molecule has 2 rings (SSSR count). The number of nitriles is 1. The van der Waals surface area contributed by atoms with Crippen molar-refractivity contribution in [1.29, 1.82) is 5.26 Å². The van der Waals surface area contributed by atoms with E-state index in [1.54, 1.807) is 0 Å². The zero-order valence-corrected chi connectivity index (χ0v) is 11.4. The van der Waals surface area contributed by atoms with Crippen LogP contribution in [0, 0.1) is 23.1 Å². The van der Waals surface area contributed by atoms with Crippen LogP contribution < -0.4 is 0 Å². The fraction of sp³-hybridized carbons (Fsp3) is 0.500. The Morgan fingerprint density at radius 3 is 2.26 bits per heavy atom. The first-order valence-corrected chi connectivity index (χ1v) is 7.99. The van der Waals surface area contributed by atoms with Crippen molar-refractivity contribution in [2.24, 2.45) is 5.92 Å². The molecule has 0 aromatic heterocycles. The van der Waals surface area contributed by atoms with Gasteiger partial charge in [0.15, 0.2) is 15.1 Å². The van der Waals surface area contributed by atoms with Gasteiger partial charge < -0.3 is 0 Å². The van der Waals surface area contributed by atoms with Gasteiger partial charge in [0.05, 0.1) is 11.0 Å². The van der Waals surface area contributed by atoms with E-state index in [1.165, 1.54) is 12.1 Å². The van der Waals surface area contributed by atoms with Crippen molar-refractivity contribution in [3.05, 3.63) is 30.1 Å². The minimum Gasteiger partial charge on any atom is -0.222 e. The molecule has 1 atom stereocenters. The number of nitrogens with zero attached hydrogens (tertiary/aromatic N) is 1. The molecule has 1 fully saturated rings. The van der Waals surface area contributed by atoms with Gasteiger partial charge in [-0.05, 0) is 43.0 Å². The molecular formula is C14H16FNO2S. The molecule has 0 amide bonds. The van der Waals surface area contributed by atoms with Crippen LogP contribution in [0.4, 0.5) is 4.39 Å². The molecule has 0 aliphatic heterocycles. The number of benzene rings is 1. The van der Waals surface area contributed by atoms with Crippen molar-refractivity contribution in [2.45, 2.75) is 42.2 Å². The number of hydrogen-bond acceptors (Lipinski definition) is 3. The van der Waals surface area contributed by atoms with Gasteiger partial charge in [0.1, 0.15) is 5.82 Å². The first-order valence-electron chi connectivity index (χ1n) is 6.45. The van der Waals surface area contributed by atoms with E-state index in [2.05, 4.69) is 0 Å². The Morgan fingerprint density at radius 2 is 1.74 bits per heavy atom. The standard InChI is InChI=1S/C14H16FNO2S/c15-12-6-8-13(9-7-12)19(17,18)14(10-16)11-4-2-1-3-5-11/h6-9,11,14H,1-5H2. The van der Waals surface area contributed by atoms with Crippen molar-refractivity contribution in [1.82, 2.24) is 0 Å². The smallest absolute Gasteiger partial charge is 0.194 e. The normalized spacial score (nSPS) is 18.7. The molecule has 1 aliphatic carbocycles. The van der Waals surface area contributed by atoms with Gasteiger partial charge in [0, 0.05) is 0 Å². The highest BCUT2D eigenvalue weighted by Gasteiger charge is 2.35. The molecule has 0 saturated heterocycles. The summed E-state index contributed by atoms with van der Waals surface area (Å²) >= 11 is 0. The van der Waals surface area contributed by atoms with Gasteiger partial charge in [-0.1, -0.05) is 19.3 Å². The number of rotatable bonds is 3. The molecule has 102 valence electrons. The second-order valence-electron chi connectivity index (χ2n) is 4.95. The summed E-state index contributed by atoms with van der Waals surface area (Å²) in [6.07, 6.45) is 4.60. The fourth-order valence-corrected chi connectivity index (χ4v) is 4.36. The molecule has 0 heterocycles. The summed E-state index contributed by atoms with van der Waals surface area (Å²) in [7, 11) is -3.70. The molecular weight excluding hydrogens is 265 g/mol. The molecule has 3 nitrogen and oxygen atoms in total. The Bertz CT molecular complexity index is 568. The molecule has 1 aliphatic rings. The van der Waals surface area contributed by atoms with E-state index in [1.807, 2.05) is 6.07 Å². The molecule has 0 spiro atoms. The predicted molar refractivity (Wildman–Crippen MR) is 69.6 cm³/mol. The third-order valence-electron chi connectivity index (χ3n) is 3.68. The number of hydrogen-bond donors (Lipinski definition) is 0. The lowest BCUT2D eigenvalue weighted by atomic mass is 9.87. The van der Waals surface area contributed by atoms with E-state index in [0.29, 0.717) is 0 Å². The van der Waals surface area contributed by atoms with E-state index in [9.17, 15) is 18.1 Å². The van der Waals surface area contributed by atoms with Gasteiger partial charge in [-0.3, -0.25) is 0 Å². The summed E-state index contributed by atoms with van der Waals surface area (Å²) in [5.74, 6) is -0.584. The Kier molecular flexibility index (Phi) is 4.20. The average molecular weight is 281 g/mol. The van der Waals surface area contributed by atoms with E-state index in [4.69, 9.17) is 0 Å². The van der Waals surface area contributed by atoms with Crippen molar-refractivity contribution in [3.63, 3.8) is 0 Å². The van der Waals surface area contributed by atoms with Crippen LogP contribution in [-0.2, 0) is 9.84 Å². The van der Waals surface area contributed by atoms with Gasteiger partial charge in [0.25, 0.3) is 0 Å². The van der Waals surface area contributed by atoms with Crippen LogP contribution in [0.2, 0.25) is 0 Å². The minimum absolute atomic E-state index is 0.0334. The topological polar surface area (TPSA) is 57.9 Å². The van der Waals surface area contributed by atoms with Crippen molar-refractivity contribution >= 4 is 9.84 Å². The molecule has 1 saturated carbocycles. The number of halogens is 1. The van der Waals surface area contributed by atoms with Crippen LogP contribution in [0.15, 0.2) is 29.2 Å². The van der Waals surface area contributed by atoms with Crippen molar-refractivity contribution < 1.29 is 12.8 Å². The quantitative estimate of drug-likeness (QED) is 0.800. The molecule has 19 heavy (non-hydrogen) atoms. The first-order chi connectivity index (χ1) is 9.05. The highest BCUT2D eigenvalue weighted by Crippen LogP contribution is 2.32. The second-order valence-corrected chi connectivity index (χ2v) is 7.02. The maximum Gasteiger partial charge on any atom is 0.194 e. The minimum atomic E-state index is -3.70. The fourth-order valence-electron chi connectivity index (χ4n) is 2.64. The van der Waals surface area contributed by atoms with Gasteiger partial charge in [-0.2, -0.15) is 5.26 Å². The van der Waals surface area contributed by atoms with Crippen LogP contribution in [-0.4, -0.2) is 13.7 Å². The molecule has 5 heteroatoms. The molecule has 0 radical (unpaired) electrons. The average Bonchev–Trinajstić information content (AvgIpc) is 2.41. The van der Waals surface area contributed by atoms with Crippen LogP contribution in [0.25, 0.3) is 0 Å². The zero-order valence-electron chi connectivity index (χ0n) is 10.5. The SMILES string of the molecule is N#CC(C1CCCCC1)S(=O)(=O)c1ccc(F)cc1. The Morgan fingerprint density at radius 1 is 1.16 bits per heavy atom. The second kappa shape index (κ2) is 5.70. The molecule has 1 aromatic rings. The summed E-state index contributed by atoms with van der Waals surface area (Å²) in [5, 5.41) is 8.21. The third-order valence-corrected chi connectivity index (χ3v) is 5.77. The molecule has 1 aromatic carbocycles. The lowest BCUT2D eigenvalue weighted by Crippen LogP contribution is -2.30. The van der Waals surface area contributed by atoms with E-state index in [-0.39, 0.29) is 10.8 Å². The van der Waals surface area contributed by atoms with E-state index in [0.717, 1.165) is 44.2 Å². The zero-order chi connectivity index (χ0) is 13.9. The molecule has 0 bridgehead atoms. The summed E-state index contributed by atoms with van der Waals surface area (Å²) in [6, 6.07) is 6.64. The third kappa shape index (κ3) is 2.95. The maximum atomic E-state index is 12.9. The van der Waals surface area contributed by atoms with Crippen molar-refractivity contribution in [3.8, 4) is 6.07 Å². The Hall–Kier alpha value is -1.41. The largest absolute Gasteiger partial charge is 0.222 e. The van der Waals surface area contributed by atoms with Gasteiger partial charge >= 0.3 is 0 Å². The van der Waals surface area contributed by atoms with Gasteiger partial charge in [0.2, 0.25) is 0 Å². The van der Waals surface area contributed by atoms with Gasteiger partial charge in [-0.25, -0.2) is 12.8 Å². The lowest BCUT2D eigenvalue weighted by Gasteiger charge is -2.25. The van der Waals surface area contributed by atoms with Crippen LogP contribution in [0.5, 0.6) is 0 Å². The van der Waals surface area contributed by atoms with Gasteiger partial charge in [-0.15, -0.1) is 0 Å². The monoisotopic (exact) mass is 281 g/mol. The Labute approximate surface area is 113 Å². The summed E-state index contributed by atoms with van der Waals surface area (Å²) in [5.41, 5.74) is 0. The molecule has 1 unspecified atom stereocenters. The highest BCUT2D eigenvalue weighted by molar-refractivity contribution is 7.92. The van der Waals surface area contributed by atoms with E-state index < -0.39 is 20.9 Å². The Balaban J connectivity index is 2.30. The summed E-state index contributed by atoms with van der Waals surface area (Å²) in [6.45, 7) is 0. The van der Waals surface area contributed by atoms with Crippen LogP contribution >= 0.6 is 0 Å². The molecule has 0 N–H and O–H groups in total. The summed E-state index contributed by atoms with van der Waals surface area (Å²) in [4.78, 5) is 0.0334. The van der Waals surface area contributed by atoms with Crippen molar-refractivity contribution in [2.75, 3.05) is 0 Å². The maximum absolute atomic E-state index is 12.9. The highest BCUT2D eigenvalue weighted by atomic mass is 32.2. The number of sulfone groups is 1. The predicted octanol–water partition coefficient (Wildman–Crippen LogP) is 3.07. The lowest BCUT2D eigenvalue weighted by molar-refractivity contribution is 0.362.